The fourth-order valence-corrected chi connectivity index (χ4v) is 4.93. The van der Waals surface area contributed by atoms with E-state index >= 15 is 0 Å². The third-order valence-corrected chi connectivity index (χ3v) is 6.73. The Morgan fingerprint density at radius 3 is 2.48 bits per heavy atom. The maximum Gasteiger partial charge on any atom is 0.270 e. The Bertz CT molecular complexity index is 941. The van der Waals surface area contributed by atoms with Crippen LogP contribution in [-0.2, 0) is 0 Å². The molecule has 1 amide bonds. The number of thiophene rings is 1. The third kappa shape index (κ3) is 5.61. The molecule has 29 heavy (non-hydrogen) atoms. The predicted molar refractivity (Wildman–Crippen MR) is 127 cm³/mol. The van der Waals surface area contributed by atoms with Crippen molar-refractivity contribution in [1.82, 2.24) is 9.88 Å². The van der Waals surface area contributed by atoms with E-state index in [1.165, 1.54) is 22.7 Å². The number of anilines is 1. The van der Waals surface area contributed by atoms with Crippen molar-refractivity contribution in [3.63, 3.8) is 0 Å². The molecule has 1 aromatic carbocycles. The average Bonchev–Trinajstić information content (AvgIpc) is 3.32. The molecule has 0 bridgehead atoms. The number of fused-ring (bicyclic) bond motifs is 1. The van der Waals surface area contributed by atoms with Gasteiger partial charge >= 0.3 is 0 Å². The second-order valence-corrected chi connectivity index (χ2v) is 8.84. The highest BCUT2D eigenvalue weighted by Crippen LogP contribution is 2.35. The summed E-state index contributed by atoms with van der Waals surface area (Å²) in [6.07, 6.45) is 0. The van der Waals surface area contributed by atoms with Gasteiger partial charge in [-0.05, 0) is 44.3 Å². The number of hydrogen-bond donors (Lipinski definition) is 0. The number of benzene rings is 1. The van der Waals surface area contributed by atoms with Crippen molar-refractivity contribution in [2.75, 3.05) is 37.7 Å². The standard InChI is InChI=1S/C20H24ClN3O2S2.ClH/c1-4-23(5-2)12-13-24(19(25)16-10-11-17(21)27-16)20-22-18-14(26-6-3)8-7-9-15(18)28-20;/h7-11H,4-6,12-13H2,1-3H3;1H. The molecule has 0 aliphatic rings. The summed E-state index contributed by atoms with van der Waals surface area (Å²) in [7, 11) is 0. The Balaban J connectivity index is 0.00000300. The monoisotopic (exact) mass is 473 g/mol. The first-order chi connectivity index (χ1) is 13.6. The van der Waals surface area contributed by atoms with E-state index < -0.39 is 0 Å². The lowest BCUT2D eigenvalue weighted by Crippen LogP contribution is -2.38. The minimum atomic E-state index is -0.0685. The highest BCUT2D eigenvalue weighted by Gasteiger charge is 2.24. The van der Waals surface area contributed by atoms with Crippen molar-refractivity contribution in [1.29, 1.82) is 0 Å². The van der Waals surface area contributed by atoms with Gasteiger partial charge in [-0.15, -0.1) is 23.7 Å². The highest BCUT2D eigenvalue weighted by molar-refractivity contribution is 7.22. The number of halogens is 2. The van der Waals surface area contributed by atoms with Crippen molar-refractivity contribution in [3.8, 4) is 5.75 Å². The molecule has 0 fully saturated rings. The van der Waals surface area contributed by atoms with E-state index in [1.807, 2.05) is 25.1 Å². The lowest BCUT2D eigenvalue weighted by molar-refractivity contribution is 0.0987. The first-order valence-corrected chi connectivity index (χ1v) is 11.4. The van der Waals surface area contributed by atoms with E-state index in [2.05, 4.69) is 18.7 Å². The van der Waals surface area contributed by atoms with Gasteiger partial charge in [0.2, 0.25) is 0 Å². The van der Waals surface area contributed by atoms with Gasteiger partial charge in [-0.25, -0.2) is 4.98 Å². The molecular formula is C20H25Cl2N3O2S2. The predicted octanol–water partition coefficient (Wildman–Crippen LogP) is 5.82. The summed E-state index contributed by atoms with van der Waals surface area (Å²) < 4.78 is 7.32. The molecule has 0 N–H and O–H groups in total. The van der Waals surface area contributed by atoms with E-state index in [1.54, 1.807) is 17.0 Å². The van der Waals surface area contributed by atoms with Crippen LogP contribution >= 0.6 is 46.7 Å². The summed E-state index contributed by atoms with van der Waals surface area (Å²) in [5.74, 6) is 0.680. The van der Waals surface area contributed by atoms with Crippen molar-refractivity contribution >= 4 is 67.9 Å². The Morgan fingerprint density at radius 2 is 1.86 bits per heavy atom. The molecule has 3 rings (SSSR count). The molecule has 158 valence electrons. The number of nitrogens with zero attached hydrogens (tertiary/aromatic N) is 3. The molecule has 5 nitrogen and oxygen atoms in total. The van der Waals surface area contributed by atoms with Gasteiger partial charge in [-0.1, -0.05) is 42.9 Å². The Hall–Kier alpha value is -1.38. The largest absolute Gasteiger partial charge is 0.492 e. The molecule has 0 unspecified atom stereocenters. The van der Waals surface area contributed by atoms with Gasteiger partial charge < -0.3 is 9.64 Å². The van der Waals surface area contributed by atoms with E-state index in [9.17, 15) is 4.79 Å². The lowest BCUT2D eigenvalue weighted by Gasteiger charge is -2.24. The van der Waals surface area contributed by atoms with Crippen LogP contribution in [0.5, 0.6) is 5.75 Å². The third-order valence-electron chi connectivity index (χ3n) is 4.46. The molecule has 0 radical (unpaired) electrons. The van der Waals surface area contributed by atoms with Crippen LogP contribution < -0.4 is 9.64 Å². The Morgan fingerprint density at radius 1 is 1.10 bits per heavy atom. The second-order valence-electron chi connectivity index (χ2n) is 6.12. The van der Waals surface area contributed by atoms with Crippen molar-refractivity contribution < 1.29 is 9.53 Å². The molecule has 2 heterocycles. The summed E-state index contributed by atoms with van der Waals surface area (Å²) in [4.78, 5) is 22.7. The summed E-state index contributed by atoms with van der Waals surface area (Å²) in [6, 6.07) is 9.41. The number of likely N-dealkylation sites (N-methyl/N-ethyl adjacent to an activating group) is 1. The molecule has 0 spiro atoms. The van der Waals surface area contributed by atoms with E-state index in [0.29, 0.717) is 27.5 Å². The summed E-state index contributed by atoms with van der Waals surface area (Å²) in [6.45, 7) is 10.0. The van der Waals surface area contributed by atoms with Gasteiger partial charge in [0.1, 0.15) is 11.3 Å². The van der Waals surface area contributed by atoms with Crippen LogP contribution in [0.15, 0.2) is 30.3 Å². The van der Waals surface area contributed by atoms with Crippen LogP contribution in [0.3, 0.4) is 0 Å². The summed E-state index contributed by atoms with van der Waals surface area (Å²) >= 11 is 8.86. The van der Waals surface area contributed by atoms with Crippen molar-refractivity contribution in [2.45, 2.75) is 20.8 Å². The number of aromatic nitrogens is 1. The molecule has 0 saturated carbocycles. The molecule has 3 aromatic rings. The Kier molecular flexibility index (Phi) is 9.17. The quantitative estimate of drug-likeness (QED) is 0.392. The average molecular weight is 474 g/mol. The maximum absolute atomic E-state index is 13.2. The van der Waals surface area contributed by atoms with Crippen molar-refractivity contribution in [2.24, 2.45) is 0 Å². The van der Waals surface area contributed by atoms with E-state index in [4.69, 9.17) is 21.3 Å². The van der Waals surface area contributed by atoms with E-state index in [-0.39, 0.29) is 18.3 Å². The summed E-state index contributed by atoms with van der Waals surface area (Å²) in [5.41, 5.74) is 0.800. The zero-order valence-electron chi connectivity index (χ0n) is 16.7. The fraction of sp³-hybridized carbons (Fsp3) is 0.400. The van der Waals surface area contributed by atoms with Gasteiger partial charge in [-0.2, -0.15) is 0 Å². The molecule has 0 saturated heterocycles. The van der Waals surface area contributed by atoms with Crippen LogP contribution in [-0.4, -0.2) is 48.6 Å². The second kappa shape index (κ2) is 11.1. The minimum Gasteiger partial charge on any atom is -0.492 e. The van der Waals surface area contributed by atoms with Gasteiger partial charge in [0.15, 0.2) is 5.13 Å². The molecule has 0 aliphatic carbocycles. The first kappa shape index (κ1) is 23.9. The number of carbonyl (C=O) groups is 1. The number of thiazole rings is 1. The smallest absolute Gasteiger partial charge is 0.270 e. The van der Waals surface area contributed by atoms with Gasteiger partial charge in [0, 0.05) is 13.1 Å². The topological polar surface area (TPSA) is 45.7 Å². The van der Waals surface area contributed by atoms with E-state index in [0.717, 1.165) is 35.6 Å². The maximum atomic E-state index is 13.2. The number of para-hydroxylation sites is 1. The number of ether oxygens (including phenoxy) is 1. The lowest BCUT2D eigenvalue weighted by atomic mass is 10.3. The number of amides is 1. The normalized spacial score (nSPS) is 10.9. The summed E-state index contributed by atoms with van der Waals surface area (Å²) in [5, 5.41) is 0.684. The number of hydrogen-bond acceptors (Lipinski definition) is 6. The fourth-order valence-electron chi connectivity index (χ4n) is 2.93. The SMILES string of the molecule is CCOc1cccc2sc(N(CCN(CC)CC)C(=O)c3ccc(Cl)s3)nc12.Cl. The van der Waals surface area contributed by atoms with Crippen LogP contribution in [0.2, 0.25) is 4.34 Å². The minimum absolute atomic E-state index is 0. The van der Waals surface area contributed by atoms with Gasteiger partial charge in [0.05, 0.1) is 20.5 Å². The van der Waals surface area contributed by atoms with Crippen LogP contribution in [0.25, 0.3) is 10.2 Å². The molecule has 0 aliphatic heterocycles. The number of rotatable bonds is 9. The highest BCUT2D eigenvalue weighted by atomic mass is 35.5. The molecule has 0 atom stereocenters. The van der Waals surface area contributed by atoms with Crippen LogP contribution in [0.4, 0.5) is 5.13 Å². The Labute approximate surface area is 190 Å². The first-order valence-electron chi connectivity index (χ1n) is 9.39. The molecule has 2 aromatic heterocycles. The van der Waals surface area contributed by atoms with Crippen LogP contribution in [0.1, 0.15) is 30.4 Å². The van der Waals surface area contributed by atoms with Crippen LogP contribution in [0, 0.1) is 0 Å². The number of carbonyl (C=O) groups excluding carboxylic acids is 1. The van der Waals surface area contributed by atoms with Gasteiger partial charge in [0.25, 0.3) is 5.91 Å². The molecular weight excluding hydrogens is 449 g/mol. The zero-order chi connectivity index (χ0) is 20.1. The zero-order valence-corrected chi connectivity index (χ0v) is 19.9. The van der Waals surface area contributed by atoms with Gasteiger partial charge in [-0.3, -0.25) is 9.69 Å². The van der Waals surface area contributed by atoms with Crippen molar-refractivity contribution in [3.05, 3.63) is 39.5 Å². The molecule has 9 heteroatoms.